The summed E-state index contributed by atoms with van der Waals surface area (Å²) in [6, 6.07) is -1.09. The van der Waals surface area contributed by atoms with E-state index in [2.05, 4.69) is 5.32 Å². The van der Waals surface area contributed by atoms with Crippen LogP contribution < -0.4 is 11.1 Å². The number of primary amides is 1. The lowest BCUT2D eigenvalue weighted by Crippen LogP contribution is -2.41. The van der Waals surface area contributed by atoms with Gasteiger partial charge in [0.25, 0.3) is 5.91 Å². The van der Waals surface area contributed by atoms with Crippen LogP contribution in [0.5, 0.6) is 0 Å². The van der Waals surface area contributed by atoms with Crippen LogP contribution in [0.1, 0.15) is 46.5 Å². The third-order valence-corrected chi connectivity index (χ3v) is 4.68. The number of aliphatic carboxylic acids is 1. The molecule has 0 aromatic carbocycles. The van der Waals surface area contributed by atoms with E-state index in [0.717, 1.165) is 31.2 Å². The number of hydrogen-bond donors (Lipinski definition) is 3. The number of carbonyl (C=O) groups is 3. The van der Waals surface area contributed by atoms with Crippen molar-refractivity contribution in [3.05, 3.63) is 21.4 Å². The molecule has 0 bridgehead atoms. The Morgan fingerprint density at radius 2 is 2.05 bits per heavy atom. The van der Waals surface area contributed by atoms with Gasteiger partial charge in [-0.2, -0.15) is 0 Å². The van der Waals surface area contributed by atoms with Crippen molar-refractivity contribution in [3.8, 4) is 0 Å². The molecular weight excluding hydrogens is 292 g/mol. The van der Waals surface area contributed by atoms with E-state index < -0.39 is 17.9 Å². The molecule has 1 aromatic rings. The second-order valence-electron chi connectivity index (χ2n) is 5.13. The lowest BCUT2D eigenvalue weighted by molar-refractivity contribution is -0.139. The number of nitrogens with one attached hydrogen (secondary N) is 1. The van der Waals surface area contributed by atoms with Crippen LogP contribution in [0.2, 0.25) is 0 Å². The Morgan fingerprint density at radius 1 is 1.33 bits per heavy atom. The van der Waals surface area contributed by atoms with Gasteiger partial charge in [-0.15, -0.1) is 11.3 Å². The molecule has 1 heterocycles. The highest BCUT2D eigenvalue weighted by molar-refractivity contribution is 7.10. The molecule has 6 nitrogen and oxygen atoms in total. The van der Waals surface area contributed by atoms with E-state index in [1.807, 2.05) is 0 Å². The minimum atomic E-state index is -1.16. The fraction of sp³-hybridized carbons (Fsp3) is 0.500. The molecule has 0 saturated carbocycles. The molecular formula is C14H18N2O4S. The summed E-state index contributed by atoms with van der Waals surface area (Å²) in [5.41, 5.74) is 6.63. The van der Waals surface area contributed by atoms with Gasteiger partial charge in [0, 0.05) is 16.7 Å². The maximum absolute atomic E-state index is 12.3. The Balaban J connectivity index is 2.06. The summed E-state index contributed by atoms with van der Waals surface area (Å²) in [5.74, 6) is -2.12. The van der Waals surface area contributed by atoms with Gasteiger partial charge in [0.15, 0.2) is 0 Å². The molecule has 1 aromatic heterocycles. The third-order valence-electron chi connectivity index (χ3n) is 3.59. The third kappa shape index (κ3) is 3.81. The van der Waals surface area contributed by atoms with Crippen molar-refractivity contribution in [2.24, 2.45) is 5.73 Å². The summed E-state index contributed by atoms with van der Waals surface area (Å²) in [6.07, 6.45) is 3.96. The number of amides is 2. The molecule has 7 heteroatoms. The Bertz CT molecular complexity index is 567. The average molecular weight is 310 g/mol. The molecule has 1 aliphatic carbocycles. The topological polar surface area (TPSA) is 109 Å². The summed E-state index contributed by atoms with van der Waals surface area (Å²) in [6.45, 7) is 0. The molecule has 21 heavy (non-hydrogen) atoms. The first-order valence-electron chi connectivity index (χ1n) is 6.90. The smallest absolute Gasteiger partial charge is 0.326 e. The van der Waals surface area contributed by atoms with E-state index in [1.54, 1.807) is 16.7 Å². The summed E-state index contributed by atoms with van der Waals surface area (Å²) in [4.78, 5) is 35.4. The molecule has 1 aliphatic rings. The van der Waals surface area contributed by atoms with Crippen LogP contribution in [0.3, 0.4) is 0 Å². The molecule has 0 unspecified atom stereocenters. The zero-order valence-electron chi connectivity index (χ0n) is 11.6. The van der Waals surface area contributed by atoms with E-state index in [4.69, 9.17) is 10.8 Å². The normalized spacial score (nSPS) is 15.0. The van der Waals surface area contributed by atoms with Gasteiger partial charge < -0.3 is 16.2 Å². The Morgan fingerprint density at radius 3 is 2.71 bits per heavy atom. The highest BCUT2D eigenvalue weighted by Gasteiger charge is 2.25. The summed E-state index contributed by atoms with van der Waals surface area (Å²) in [5, 5.41) is 13.4. The van der Waals surface area contributed by atoms with Crippen molar-refractivity contribution >= 4 is 29.1 Å². The first-order chi connectivity index (χ1) is 9.99. The van der Waals surface area contributed by atoms with Crippen LogP contribution in [-0.4, -0.2) is 28.9 Å². The predicted octanol–water partition coefficient (Wildman–Crippen LogP) is 1.08. The highest BCUT2D eigenvalue weighted by atomic mass is 32.1. The van der Waals surface area contributed by atoms with E-state index in [1.165, 1.54) is 4.88 Å². The number of nitrogens with two attached hydrogens (primary N) is 1. The molecule has 0 aliphatic heterocycles. The Kier molecular flexibility index (Phi) is 4.95. The molecule has 0 spiro atoms. The van der Waals surface area contributed by atoms with Crippen molar-refractivity contribution in [1.29, 1.82) is 0 Å². The Hall–Kier alpha value is -1.89. The van der Waals surface area contributed by atoms with E-state index in [0.29, 0.717) is 5.56 Å². The number of fused-ring (bicyclic) bond motifs is 1. The van der Waals surface area contributed by atoms with Crippen molar-refractivity contribution in [2.45, 2.75) is 44.6 Å². The number of aryl methyl sites for hydroxylation is 1. The van der Waals surface area contributed by atoms with E-state index in [9.17, 15) is 14.4 Å². The van der Waals surface area contributed by atoms with Gasteiger partial charge in [0.05, 0.1) is 5.56 Å². The maximum Gasteiger partial charge on any atom is 0.326 e. The van der Waals surface area contributed by atoms with Gasteiger partial charge in [-0.25, -0.2) is 4.79 Å². The number of carbonyl (C=O) groups excluding carboxylic acids is 2. The van der Waals surface area contributed by atoms with Crippen molar-refractivity contribution in [2.75, 3.05) is 0 Å². The summed E-state index contributed by atoms with van der Waals surface area (Å²) >= 11 is 1.55. The quantitative estimate of drug-likeness (QED) is 0.730. The molecule has 0 radical (unpaired) electrons. The molecule has 2 rings (SSSR count). The van der Waals surface area contributed by atoms with Crippen LogP contribution >= 0.6 is 11.3 Å². The van der Waals surface area contributed by atoms with Gasteiger partial charge >= 0.3 is 5.97 Å². The maximum atomic E-state index is 12.3. The summed E-state index contributed by atoms with van der Waals surface area (Å²) in [7, 11) is 0. The van der Waals surface area contributed by atoms with Crippen molar-refractivity contribution in [3.63, 3.8) is 0 Å². The van der Waals surface area contributed by atoms with Crippen LogP contribution in [0.25, 0.3) is 0 Å². The second-order valence-corrected chi connectivity index (χ2v) is 6.09. The number of carboxylic acid groups (broad SMARTS) is 1. The fourth-order valence-corrected chi connectivity index (χ4v) is 3.59. The van der Waals surface area contributed by atoms with Crippen LogP contribution in [-0.2, 0) is 22.4 Å². The van der Waals surface area contributed by atoms with Gasteiger partial charge in [0.2, 0.25) is 5.91 Å². The standard InChI is InChI=1S/C14H18N2O4S/c15-12(17)6-5-10(14(19)20)16-13(18)9-7-21-11-4-2-1-3-8(9)11/h7,10H,1-6H2,(H2,15,17)(H,16,18)(H,19,20)/t10-/m0/s1. The minimum Gasteiger partial charge on any atom is -0.480 e. The largest absolute Gasteiger partial charge is 0.480 e. The average Bonchev–Trinajstić information content (AvgIpc) is 2.86. The fourth-order valence-electron chi connectivity index (χ4n) is 2.46. The SMILES string of the molecule is NC(=O)CC[C@H](NC(=O)c1csc2c1CCCC2)C(=O)O. The van der Waals surface area contributed by atoms with Crippen molar-refractivity contribution < 1.29 is 19.5 Å². The monoisotopic (exact) mass is 310 g/mol. The molecule has 114 valence electrons. The lowest BCUT2D eigenvalue weighted by atomic mass is 9.95. The second kappa shape index (κ2) is 6.71. The van der Waals surface area contributed by atoms with Crippen molar-refractivity contribution in [1.82, 2.24) is 5.32 Å². The van der Waals surface area contributed by atoms with E-state index >= 15 is 0 Å². The lowest BCUT2D eigenvalue weighted by Gasteiger charge is -2.16. The van der Waals surface area contributed by atoms with Crippen LogP contribution in [0.4, 0.5) is 0 Å². The number of thiophene rings is 1. The molecule has 0 fully saturated rings. The van der Waals surface area contributed by atoms with Gasteiger partial charge in [-0.05, 0) is 37.7 Å². The Labute approximate surface area is 126 Å². The number of hydrogen-bond acceptors (Lipinski definition) is 4. The first-order valence-corrected chi connectivity index (χ1v) is 7.78. The predicted molar refractivity (Wildman–Crippen MR) is 78.3 cm³/mol. The van der Waals surface area contributed by atoms with Gasteiger partial charge in [-0.3, -0.25) is 9.59 Å². The zero-order chi connectivity index (χ0) is 15.4. The van der Waals surface area contributed by atoms with Gasteiger partial charge in [-0.1, -0.05) is 0 Å². The van der Waals surface area contributed by atoms with E-state index in [-0.39, 0.29) is 18.7 Å². The number of rotatable bonds is 6. The molecule has 2 amide bonds. The number of carboxylic acids is 1. The molecule has 4 N–H and O–H groups in total. The van der Waals surface area contributed by atoms with Crippen LogP contribution in [0.15, 0.2) is 5.38 Å². The molecule has 0 saturated heterocycles. The first kappa shape index (κ1) is 15.5. The van der Waals surface area contributed by atoms with Crippen LogP contribution in [0, 0.1) is 0 Å². The highest BCUT2D eigenvalue weighted by Crippen LogP contribution is 2.30. The zero-order valence-corrected chi connectivity index (χ0v) is 12.4. The minimum absolute atomic E-state index is 0.00271. The summed E-state index contributed by atoms with van der Waals surface area (Å²) < 4.78 is 0. The van der Waals surface area contributed by atoms with Gasteiger partial charge in [0.1, 0.15) is 6.04 Å². The molecule has 1 atom stereocenters.